The van der Waals surface area contributed by atoms with E-state index in [-0.39, 0.29) is 0 Å². The summed E-state index contributed by atoms with van der Waals surface area (Å²) in [6.07, 6.45) is 0. The van der Waals surface area contributed by atoms with Crippen LogP contribution in [0, 0.1) is 0 Å². The van der Waals surface area contributed by atoms with Gasteiger partial charge in [0.15, 0.2) is 5.82 Å². The van der Waals surface area contributed by atoms with E-state index in [2.05, 4.69) is 15.3 Å². The molecule has 1 heterocycles. The normalized spacial score (nSPS) is 10.4. The maximum Gasteiger partial charge on any atom is 0.163 e. The van der Waals surface area contributed by atoms with Crippen molar-refractivity contribution in [3.05, 3.63) is 64.8 Å². The summed E-state index contributed by atoms with van der Waals surface area (Å²) >= 11 is 12.3. The van der Waals surface area contributed by atoms with Crippen LogP contribution in [-0.2, 0) is 0 Å². The second-order valence-corrected chi connectivity index (χ2v) is 5.53. The minimum absolute atomic E-state index is 0.348. The van der Waals surface area contributed by atoms with Crippen molar-refractivity contribution in [2.24, 2.45) is 0 Å². The number of nitrogens with zero attached hydrogens (tertiary/aromatic N) is 2. The van der Waals surface area contributed by atoms with Crippen LogP contribution in [0.5, 0.6) is 5.75 Å². The van der Waals surface area contributed by atoms with Crippen LogP contribution in [0.25, 0.3) is 11.4 Å². The summed E-state index contributed by atoms with van der Waals surface area (Å²) in [6.45, 7) is 0. The molecule has 0 aliphatic carbocycles. The minimum atomic E-state index is 0.348. The first-order valence-corrected chi connectivity index (χ1v) is 7.62. The van der Waals surface area contributed by atoms with Gasteiger partial charge in [-0.05, 0) is 12.1 Å². The summed E-state index contributed by atoms with van der Waals surface area (Å²) < 4.78 is 5.21. The maximum atomic E-state index is 6.21. The third-order valence-electron chi connectivity index (χ3n) is 3.16. The van der Waals surface area contributed by atoms with E-state index in [0.29, 0.717) is 33.3 Å². The van der Waals surface area contributed by atoms with Gasteiger partial charge in [-0.3, -0.25) is 0 Å². The van der Waals surface area contributed by atoms with Crippen LogP contribution in [0.15, 0.2) is 54.6 Å². The van der Waals surface area contributed by atoms with Crippen LogP contribution < -0.4 is 10.1 Å². The zero-order chi connectivity index (χ0) is 16.2. The molecule has 0 saturated carbocycles. The molecule has 1 N–H and O–H groups in total. The molecule has 2 aromatic carbocycles. The molecule has 0 bridgehead atoms. The molecular weight excluding hydrogens is 333 g/mol. The van der Waals surface area contributed by atoms with Crippen LogP contribution in [-0.4, -0.2) is 17.1 Å². The van der Waals surface area contributed by atoms with Gasteiger partial charge >= 0.3 is 0 Å². The number of rotatable bonds is 4. The Balaban J connectivity index is 1.96. The van der Waals surface area contributed by atoms with Crippen molar-refractivity contribution in [1.82, 2.24) is 9.97 Å². The van der Waals surface area contributed by atoms with Crippen molar-refractivity contribution in [1.29, 1.82) is 0 Å². The molecular formula is C17H13Cl2N3O. The molecule has 0 amide bonds. The standard InChI is InChI=1S/C17H13Cl2N3O/c1-23-12-7-8-13(18)14(9-12)20-16-10-15(19)21-17(22-16)11-5-3-2-4-6-11/h2-10H,1H3,(H,20,21,22). The smallest absolute Gasteiger partial charge is 0.163 e. The topological polar surface area (TPSA) is 47.0 Å². The largest absolute Gasteiger partial charge is 0.497 e. The molecule has 0 fully saturated rings. The number of aromatic nitrogens is 2. The second kappa shape index (κ2) is 6.86. The van der Waals surface area contributed by atoms with Gasteiger partial charge in [0.1, 0.15) is 16.7 Å². The zero-order valence-corrected chi connectivity index (χ0v) is 13.8. The lowest BCUT2D eigenvalue weighted by Crippen LogP contribution is -1.98. The van der Waals surface area contributed by atoms with Crippen molar-refractivity contribution >= 4 is 34.7 Å². The van der Waals surface area contributed by atoms with Gasteiger partial charge in [-0.15, -0.1) is 0 Å². The molecule has 3 rings (SSSR count). The minimum Gasteiger partial charge on any atom is -0.497 e. The van der Waals surface area contributed by atoms with Gasteiger partial charge < -0.3 is 10.1 Å². The Morgan fingerprint density at radius 2 is 1.74 bits per heavy atom. The fraction of sp³-hybridized carbons (Fsp3) is 0.0588. The molecule has 4 nitrogen and oxygen atoms in total. The summed E-state index contributed by atoms with van der Waals surface area (Å²) in [4.78, 5) is 8.75. The lowest BCUT2D eigenvalue weighted by Gasteiger charge is -2.11. The van der Waals surface area contributed by atoms with Crippen molar-refractivity contribution in [2.45, 2.75) is 0 Å². The van der Waals surface area contributed by atoms with Gasteiger partial charge in [0, 0.05) is 17.7 Å². The average molecular weight is 346 g/mol. The Labute approximate surface area is 144 Å². The number of methoxy groups -OCH3 is 1. The highest BCUT2D eigenvalue weighted by Crippen LogP contribution is 2.30. The quantitative estimate of drug-likeness (QED) is 0.660. The van der Waals surface area contributed by atoms with Crippen LogP contribution in [0.3, 0.4) is 0 Å². The predicted octanol–water partition coefficient (Wildman–Crippen LogP) is 5.20. The van der Waals surface area contributed by atoms with Gasteiger partial charge in [-0.25, -0.2) is 9.97 Å². The molecule has 0 saturated heterocycles. The number of nitrogens with one attached hydrogen (secondary N) is 1. The highest BCUT2D eigenvalue weighted by molar-refractivity contribution is 6.33. The van der Waals surface area contributed by atoms with E-state index >= 15 is 0 Å². The SMILES string of the molecule is COc1ccc(Cl)c(Nc2cc(Cl)nc(-c3ccccc3)n2)c1. The van der Waals surface area contributed by atoms with Gasteiger partial charge in [-0.2, -0.15) is 0 Å². The number of ether oxygens (including phenoxy) is 1. The summed E-state index contributed by atoms with van der Waals surface area (Å²) in [5.74, 6) is 1.79. The Bertz CT molecular complexity index is 825. The van der Waals surface area contributed by atoms with Gasteiger partial charge in [0.2, 0.25) is 0 Å². The average Bonchev–Trinajstić information content (AvgIpc) is 2.57. The molecule has 0 spiro atoms. The summed E-state index contributed by atoms with van der Waals surface area (Å²) in [6, 6.07) is 16.6. The van der Waals surface area contributed by atoms with Gasteiger partial charge in [0.05, 0.1) is 17.8 Å². The Morgan fingerprint density at radius 3 is 2.48 bits per heavy atom. The van der Waals surface area contributed by atoms with Crippen LogP contribution in [0.4, 0.5) is 11.5 Å². The fourth-order valence-electron chi connectivity index (χ4n) is 2.06. The van der Waals surface area contributed by atoms with Gasteiger partial charge in [-0.1, -0.05) is 53.5 Å². The van der Waals surface area contributed by atoms with E-state index in [1.807, 2.05) is 30.3 Å². The molecule has 116 valence electrons. The van der Waals surface area contributed by atoms with Crippen molar-refractivity contribution < 1.29 is 4.74 Å². The lowest BCUT2D eigenvalue weighted by atomic mass is 10.2. The first-order chi connectivity index (χ1) is 11.2. The fourth-order valence-corrected chi connectivity index (χ4v) is 2.41. The monoisotopic (exact) mass is 345 g/mol. The number of halogens is 2. The molecule has 3 aromatic rings. The lowest BCUT2D eigenvalue weighted by molar-refractivity contribution is 0.415. The Hall–Kier alpha value is -2.30. The Kier molecular flexibility index (Phi) is 4.65. The van der Waals surface area contributed by atoms with E-state index in [1.54, 1.807) is 31.4 Å². The van der Waals surface area contributed by atoms with E-state index in [0.717, 1.165) is 5.56 Å². The molecule has 1 aromatic heterocycles. The first-order valence-electron chi connectivity index (χ1n) is 6.86. The third kappa shape index (κ3) is 3.73. The van der Waals surface area contributed by atoms with Gasteiger partial charge in [0.25, 0.3) is 0 Å². The number of hydrogen-bond acceptors (Lipinski definition) is 4. The van der Waals surface area contributed by atoms with Crippen LogP contribution in [0.2, 0.25) is 10.2 Å². The zero-order valence-electron chi connectivity index (χ0n) is 12.3. The molecule has 6 heteroatoms. The second-order valence-electron chi connectivity index (χ2n) is 4.74. The predicted molar refractivity (Wildman–Crippen MR) is 93.8 cm³/mol. The summed E-state index contributed by atoms with van der Waals surface area (Å²) in [5.41, 5.74) is 1.56. The number of hydrogen-bond donors (Lipinski definition) is 1. The molecule has 0 unspecified atom stereocenters. The third-order valence-corrected chi connectivity index (χ3v) is 3.69. The van der Waals surface area contributed by atoms with E-state index < -0.39 is 0 Å². The summed E-state index contributed by atoms with van der Waals surface area (Å²) in [7, 11) is 1.60. The number of benzene rings is 2. The number of anilines is 2. The Morgan fingerprint density at radius 1 is 0.957 bits per heavy atom. The van der Waals surface area contributed by atoms with E-state index in [9.17, 15) is 0 Å². The molecule has 23 heavy (non-hydrogen) atoms. The van der Waals surface area contributed by atoms with Crippen molar-refractivity contribution in [3.8, 4) is 17.1 Å². The first kappa shape index (κ1) is 15.6. The molecule has 0 radical (unpaired) electrons. The highest BCUT2D eigenvalue weighted by atomic mass is 35.5. The van der Waals surface area contributed by atoms with E-state index in [4.69, 9.17) is 27.9 Å². The summed E-state index contributed by atoms with van der Waals surface area (Å²) in [5, 5.41) is 4.06. The molecule has 0 aliphatic rings. The van der Waals surface area contributed by atoms with Crippen molar-refractivity contribution in [3.63, 3.8) is 0 Å². The molecule has 0 atom stereocenters. The highest BCUT2D eigenvalue weighted by Gasteiger charge is 2.08. The van der Waals surface area contributed by atoms with Crippen LogP contribution >= 0.6 is 23.2 Å². The van der Waals surface area contributed by atoms with Crippen molar-refractivity contribution in [2.75, 3.05) is 12.4 Å². The molecule has 0 aliphatic heterocycles. The van der Waals surface area contributed by atoms with Crippen LogP contribution in [0.1, 0.15) is 0 Å². The maximum absolute atomic E-state index is 6.21. The van der Waals surface area contributed by atoms with E-state index in [1.165, 1.54) is 0 Å².